The number of allylic oxidation sites excluding steroid dienone is 2. The SMILES string of the molecule is O=C(O)[C@@H]1[C@H]2C=C[C@@H]([C@@H]3C[C@@H]23)[C@H]1C(=O)Nc1ccc(OCc2ccccc2)cc1. The number of aliphatic carboxylic acids is 1. The molecule has 5 nitrogen and oxygen atoms in total. The summed E-state index contributed by atoms with van der Waals surface area (Å²) in [6.07, 6.45) is 5.15. The van der Waals surface area contributed by atoms with E-state index < -0.39 is 17.8 Å². The summed E-state index contributed by atoms with van der Waals surface area (Å²) in [5, 5.41) is 12.7. The Bertz CT molecular complexity index is 953. The van der Waals surface area contributed by atoms with Gasteiger partial charge in [0, 0.05) is 5.69 Å². The van der Waals surface area contributed by atoms with Gasteiger partial charge >= 0.3 is 5.97 Å². The third kappa shape index (κ3) is 3.31. The largest absolute Gasteiger partial charge is 0.489 e. The first-order valence-electron chi connectivity index (χ1n) is 10.1. The van der Waals surface area contributed by atoms with E-state index in [-0.39, 0.29) is 17.7 Å². The van der Waals surface area contributed by atoms with Crippen LogP contribution in [0.15, 0.2) is 66.7 Å². The molecule has 6 rings (SSSR count). The third-order valence-corrected chi connectivity index (χ3v) is 6.61. The Morgan fingerprint density at radius 3 is 2.24 bits per heavy atom. The summed E-state index contributed by atoms with van der Waals surface area (Å²) in [5.74, 6) is -0.495. The number of benzene rings is 2. The Kier molecular flexibility index (Phi) is 4.38. The van der Waals surface area contributed by atoms with Crippen molar-refractivity contribution >= 4 is 17.6 Å². The first-order chi connectivity index (χ1) is 14.1. The molecule has 0 radical (unpaired) electrons. The highest BCUT2D eigenvalue weighted by molar-refractivity contribution is 5.96. The molecule has 29 heavy (non-hydrogen) atoms. The molecule has 0 heterocycles. The van der Waals surface area contributed by atoms with E-state index in [0.29, 0.717) is 24.1 Å². The molecular weight excluding hydrogens is 366 g/mol. The van der Waals surface area contributed by atoms with Gasteiger partial charge in [-0.25, -0.2) is 0 Å². The maximum Gasteiger partial charge on any atom is 0.307 e. The summed E-state index contributed by atoms with van der Waals surface area (Å²) >= 11 is 0. The van der Waals surface area contributed by atoms with Crippen LogP contribution in [0.1, 0.15) is 12.0 Å². The van der Waals surface area contributed by atoms with Crippen molar-refractivity contribution in [1.29, 1.82) is 0 Å². The first-order valence-corrected chi connectivity index (χ1v) is 10.1. The van der Waals surface area contributed by atoms with Crippen LogP contribution in [0.25, 0.3) is 0 Å². The second-order valence-corrected chi connectivity index (χ2v) is 8.28. The average Bonchev–Trinajstić information content (AvgIpc) is 3.56. The van der Waals surface area contributed by atoms with Gasteiger partial charge in [-0.15, -0.1) is 0 Å². The van der Waals surface area contributed by atoms with Gasteiger partial charge in [0.25, 0.3) is 0 Å². The van der Waals surface area contributed by atoms with Gasteiger partial charge in [-0.3, -0.25) is 9.59 Å². The quantitative estimate of drug-likeness (QED) is 0.733. The number of nitrogens with one attached hydrogen (secondary N) is 1. The molecule has 1 amide bonds. The number of hydrogen-bond acceptors (Lipinski definition) is 3. The predicted octanol–water partition coefficient (Wildman–Crippen LogP) is 3.97. The van der Waals surface area contributed by atoms with E-state index >= 15 is 0 Å². The molecule has 2 N–H and O–H groups in total. The average molecular weight is 389 g/mol. The van der Waals surface area contributed by atoms with Crippen LogP contribution >= 0.6 is 0 Å². The summed E-state index contributed by atoms with van der Waals surface area (Å²) in [7, 11) is 0. The number of carboxylic acids is 1. The van der Waals surface area contributed by atoms with Crippen LogP contribution in [0, 0.1) is 35.5 Å². The second kappa shape index (κ2) is 7.07. The molecule has 6 atom stereocenters. The molecule has 2 bridgehead atoms. The molecule has 2 aromatic rings. The fourth-order valence-electron chi connectivity index (χ4n) is 5.17. The van der Waals surface area contributed by atoms with Gasteiger partial charge in [-0.05, 0) is 59.9 Å². The van der Waals surface area contributed by atoms with Crippen LogP contribution in [-0.4, -0.2) is 17.0 Å². The van der Waals surface area contributed by atoms with E-state index in [0.717, 1.165) is 17.7 Å². The first kappa shape index (κ1) is 18.0. The summed E-state index contributed by atoms with van der Waals surface area (Å²) in [5.41, 5.74) is 1.74. The Balaban J connectivity index is 1.25. The lowest BCUT2D eigenvalue weighted by Gasteiger charge is -2.41. The molecule has 0 unspecified atom stereocenters. The fourth-order valence-corrected chi connectivity index (χ4v) is 5.17. The zero-order chi connectivity index (χ0) is 20.0. The number of rotatable bonds is 6. The lowest BCUT2D eigenvalue weighted by atomic mass is 9.62. The molecule has 4 aliphatic carbocycles. The van der Waals surface area contributed by atoms with Gasteiger partial charge < -0.3 is 15.2 Å². The standard InChI is InChI=1S/C24H23NO4/c26-23(21-17-10-11-18(20-12-19(17)20)22(21)24(27)28)25-15-6-8-16(9-7-15)29-13-14-4-2-1-3-5-14/h1-11,17-22H,12-13H2,(H,25,26)(H,27,28)/t17-,18-,19-,20-,21+,22+/m0/s1. The molecule has 0 spiro atoms. The van der Waals surface area contributed by atoms with Crippen LogP contribution in [-0.2, 0) is 16.2 Å². The van der Waals surface area contributed by atoms with Gasteiger partial charge in [-0.1, -0.05) is 42.5 Å². The minimum atomic E-state index is -0.862. The third-order valence-electron chi connectivity index (χ3n) is 6.61. The maximum absolute atomic E-state index is 13.0. The highest BCUT2D eigenvalue weighted by Crippen LogP contribution is 2.63. The number of ether oxygens (including phenoxy) is 1. The van der Waals surface area contributed by atoms with Crippen molar-refractivity contribution in [3.8, 4) is 5.75 Å². The van der Waals surface area contributed by atoms with Crippen LogP contribution in [0.4, 0.5) is 5.69 Å². The Labute approximate surface area is 169 Å². The lowest BCUT2D eigenvalue weighted by Crippen LogP contribution is -2.48. The highest BCUT2D eigenvalue weighted by Gasteiger charge is 2.62. The monoisotopic (exact) mass is 389 g/mol. The van der Waals surface area contributed by atoms with Crippen molar-refractivity contribution in [3.05, 3.63) is 72.3 Å². The van der Waals surface area contributed by atoms with E-state index in [9.17, 15) is 14.7 Å². The molecule has 0 saturated heterocycles. The molecule has 2 aromatic carbocycles. The Morgan fingerprint density at radius 1 is 0.931 bits per heavy atom. The molecule has 148 valence electrons. The molecule has 5 heteroatoms. The maximum atomic E-state index is 13.0. The zero-order valence-corrected chi connectivity index (χ0v) is 15.9. The second-order valence-electron chi connectivity index (χ2n) is 8.28. The van der Waals surface area contributed by atoms with Gasteiger partial charge in [0.1, 0.15) is 12.4 Å². The predicted molar refractivity (Wildman–Crippen MR) is 108 cm³/mol. The Hall–Kier alpha value is -3.08. The van der Waals surface area contributed by atoms with Crippen molar-refractivity contribution in [2.24, 2.45) is 35.5 Å². The number of carboxylic acid groups (broad SMARTS) is 1. The van der Waals surface area contributed by atoms with Gasteiger partial charge in [0.2, 0.25) is 5.91 Å². The number of hydrogen-bond donors (Lipinski definition) is 2. The van der Waals surface area contributed by atoms with E-state index in [1.165, 1.54) is 0 Å². The molecule has 4 aliphatic rings. The normalized spacial score (nSPS) is 31.0. The van der Waals surface area contributed by atoms with E-state index in [4.69, 9.17) is 4.74 Å². The number of carbonyl (C=O) groups excluding carboxylic acids is 1. The van der Waals surface area contributed by atoms with Crippen molar-refractivity contribution in [1.82, 2.24) is 0 Å². The molecule has 2 saturated carbocycles. The van der Waals surface area contributed by atoms with Crippen molar-refractivity contribution in [3.63, 3.8) is 0 Å². The van der Waals surface area contributed by atoms with Gasteiger partial charge in [0.05, 0.1) is 11.8 Å². The minimum absolute atomic E-state index is 0.00740. The van der Waals surface area contributed by atoms with E-state index in [1.54, 1.807) is 12.1 Å². The minimum Gasteiger partial charge on any atom is -0.489 e. The fraction of sp³-hybridized carbons (Fsp3) is 0.333. The Morgan fingerprint density at radius 2 is 1.59 bits per heavy atom. The summed E-state index contributed by atoms with van der Waals surface area (Å²) < 4.78 is 5.78. The highest BCUT2D eigenvalue weighted by atomic mass is 16.5. The van der Waals surface area contributed by atoms with Crippen LogP contribution in [0.3, 0.4) is 0 Å². The van der Waals surface area contributed by atoms with Gasteiger partial charge in [-0.2, -0.15) is 0 Å². The molecule has 0 aromatic heterocycles. The number of amides is 1. The van der Waals surface area contributed by atoms with Crippen molar-refractivity contribution in [2.45, 2.75) is 13.0 Å². The topological polar surface area (TPSA) is 75.6 Å². The molecule has 0 aliphatic heterocycles. The molecular formula is C24H23NO4. The molecule has 2 fully saturated rings. The van der Waals surface area contributed by atoms with Crippen molar-refractivity contribution < 1.29 is 19.4 Å². The van der Waals surface area contributed by atoms with Gasteiger partial charge in [0.15, 0.2) is 0 Å². The van der Waals surface area contributed by atoms with Crippen molar-refractivity contribution in [2.75, 3.05) is 5.32 Å². The van der Waals surface area contributed by atoms with E-state index in [1.807, 2.05) is 48.5 Å². The van der Waals surface area contributed by atoms with Crippen LogP contribution < -0.4 is 10.1 Å². The zero-order valence-electron chi connectivity index (χ0n) is 15.9. The van der Waals surface area contributed by atoms with Crippen LogP contribution in [0.5, 0.6) is 5.75 Å². The summed E-state index contributed by atoms with van der Waals surface area (Å²) in [6.45, 7) is 0.479. The number of anilines is 1. The summed E-state index contributed by atoms with van der Waals surface area (Å²) in [4.78, 5) is 24.9. The van der Waals surface area contributed by atoms with Crippen LogP contribution in [0.2, 0.25) is 0 Å². The lowest BCUT2D eigenvalue weighted by molar-refractivity contribution is -0.152. The number of fused-ring (bicyclic) bond motifs is 1. The van der Waals surface area contributed by atoms with E-state index in [2.05, 4.69) is 11.4 Å². The number of carbonyl (C=O) groups is 2. The smallest absolute Gasteiger partial charge is 0.307 e. The summed E-state index contributed by atoms with van der Waals surface area (Å²) in [6, 6.07) is 17.1.